The second kappa shape index (κ2) is 5.33. The van der Waals surface area contributed by atoms with Gasteiger partial charge in [-0.05, 0) is 27.7 Å². The first-order valence-corrected chi connectivity index (χ1v) is 6.70. The van der Waals surface area contributed by atoms with E-state index in [2.05, 4.69) is 5.10 Å². The van der Waals surface area contributed by atoms with Crippen molar-refractivity contribution in [2.45, 2.75) is 45.5 Å². The van der Waals surface area contributed by atoms with E-state index >= 15 is 0 Å². The van der Waals surface area contributed by atoms with Crippen LogP contribution in [-0.4, -0.2) is 35.3 Å². The van der Waals surface area contributed by atoms with Gasteiger partial charge in [0.1, 0.15) is 12.4 Å². The van der Waals surface area contributed by atoms with Gasteiger partial charge in [0, 0.05) is 5.56 Å². The van der Waals surface area contributed by atoms with Crippen LogP contribution in [0, 0.1) is 6.92 Å². The van der Waals surface area contributed by atoms with E-state index in [0.29, 0.717) is 5.56 Å². The third kappa shape index (κ3) is 3.56. The van der Waals surface area contributed by atoms with E-state index in [4.69, 9.17) is 4.74 Å². The number of hydrogen-bond donors (Lipinski definition) is 0. The molecule has 116 valence electrons. The highest BCUT2D eigenvalue weighted by Crippen LogP contribution is 2.31. The summed E-state index contributed by atoms with van der Waals surface area (Å²) in [5.74, 6) is 0. The number of hydrazone groups is 1. The summed E-state index contributed by atoms with van der Waals surface area (Å²) in [6, 6.07) is 6.81. The highest BCUT2D eigenvalue weighted by Gasteiger charge is 2.47. The van der Waals surface area contributed by atoms with Crippen molar-refractivity contribution in [2.24, 2.45) is 5.10 Å². The molecule has 0 bridgehead atoms. The minimum Gasteiger partial charge on any atom is -0.340 e. The summed E-state index contributed by atoms with van der Waals surface area (Å²) in [6.45, 7) is 7.33. The summed E-state index contributed by atoms with van der Waals surface area (Å²) in [5.41, 5.74) is 0.903. The maximum absolute atomic E-state index is 13.2. The molecule has 0 saturated heterocycles. The van der Waals surface area contributed by atoms with E-state index in [-0.39, 0.29) is 12.4 Å². The SMILES string of the molecule is Cc1ccc(C2=NN(C(C)(C)C)COC2C(F)(F)F)cc1. The maximum atomic E-state index is 13.2. The Bertz CT molecular complexity index is 529. The van der Waals surface area contributed by atoms with Crippen molar-refractivity contribution in [3.8, 4) is 0 Å². The summed E-state index contributed by atoms with van der Waals surface area (Å²) in [4.78, 5) is 0. The van der Waals surface area contributed by atoms with Gasteiger partial charge in [0.15, 0.2) is 6.10 Å². The Hall–Kier alpha value is -1.56. The van der Waals surface area contributed by atoms with Crippen LogP contribution in [0.25, 0.3) is 0 Å². The molecule has 2 rings (SSSR count). The van der Waals surface area contributed by atoms with Gasteiger partial charge in [-0.25, -0.2) is 0 Å². The fourth-order valence-corrected chi connectivity index (χ4v) is 1.96. The third-order valence-corrected chi connectivity index (χ3v) is 3.26. The molecule has 0 radical (unpaired) electrons. The molecular formula is C15H19F3N2O. The molecule has 3 nitrogen and oxygen atoms in total. The van der Waals surface area contributed by atoms with Crippen molar-refractivity contribution < 1.29 is 17.9 Å². The van der Waals surface area contributed by atoms with Crippen LogP contribution >= 0.6 is 0 Å². The Morgan fingerprint density at radius 3 is 2.19 bits per heavy atom. The molecule has 1 aliphatic heterocycles. The standard InChI is InChI=1S/C15H19F3N2O/c1-10-5-7-11(8-6-10)12-13(15(16,17)18)21-9-20(19-12)14(2,3)4/h5-8,13H,9H2,1-4H3. The number of nitrogens with zero attached hydrogens (tertiary/aromatic N) is 2. The van der Waals surface area contributed by atoms with Crippen LogP contribution in [-0.2, 0) is 4.74 Å². The Labute approximate surface area is 122 Å². The zero-order valence-corrected chi connectivity index (χ0v) is 12.5. The van der Waals surface area contributed by atoms with Crippen LogP contribution in [0.4, 0.5) is 13.2 Å². The Morgan fingerprint density at radius 2 is 1.71 bits per heavy atom. The predicted octanol–water partition coefficient (Wildman–Crippen LogP) is 3.72. The van der Waals surface area contributed by atoms with Crippen molar-refractivity contribution >= 4 is 5.71 Å². The predicted molar refractivity (Wildman–Crippen MR) is 75.1 cm³/mol. The van der Waals surface area contributed by atoms with Crippen LogP contribution in [0.15, 0.2) is 29.4 Å². The van der Waals surface area contributed by atoms with E-state index in [1.54, 1.807) is 24.3 Å². The molecule has 1 aromatic rings. The van der Waals surface area contributed by atoms with Gasteiger partial charge in [-0.3, -0.25) is 5.01 Å². The Morgan fingerprint density at radius 1 is 1.14 bits per heavy atom. The van der Waals surface area contributed by atoms with Gasteiger partial charge in [-0.15, -0.1) is 0 Å². The van der Waals surface area contributed by atoms with Crippen molar-refractivity contribution in [3.05, 3.63) is 35.4 Å². The first-order chi connectivity index (χ1) is 9.59. The van der Waals surface area contributed by atoms with E-state index in [1.165, 1.54) is 5.01 Å². The Balaban J connectivity index is 2.46. The lowest BCUT2D eigenvalue weighted by Gasteiger charge is -2.39. The smallest absolute Gasteiger partial charge is 0.340 e. The summed E-state index contributed by atoms with van der Waals surface area (Å²) in [5, 5.41) is 5.74. The minimum absolute atomic E-state index is 0.0938. The van der Waals surface area contributed by atoms with Gasteiger partial charge < -0.3 is 4.74 Å². The lowest BCUT2D eigenvalue weighted by atomic mass is 10.0. The summed E-state index contributed by atoms with van der Waals surface area (Å²) in [6.07, 6.45) is -6.47. The van der Waals surface area contributed by atoms with Crippen molar-refractivity contribution in [1.29, 1.82) is 0 Å². The normalized spacial score (nSPS) is 20.4. The first kappa shape index (κ1) is 15.8. The first-order valence-electron chi connectivity index (χ1n) is 6.70. The lowest BCUT2D eigenvalue weighted by Crippen LogP contribution is -2.51. The highest BCUT2D eigenvalue weighted by atomic mass is 19.4. The molecule has 0 spiro atoms. The van der Waals surface area contributed by atoms with Gasteiger partial charge in [-0.1, -0.05) is 29.8 Å². The van der Waals surface area contributed by atoms with Gasteiger partial charge in [0.2, 0.25) is 0 Å². The fourth-order valence-electron chi connectivity index (χ4n) is 1.96. The maximum Gasteiger partial charge on any atom is 0.420 e. The number of benzene rings is 1. The molecule has 1 atom stereocenters. The number of alkyl halides is 3. The Kier molecular flexibility index (Phi) is 4.02. The summed E-state index contributed by atoms with van der Waals surface area (Å²) in [7, 11) is 0. The second-order valence-corrected chi connectivity index (χ2v) is 6.14. The molecule has 1 aliphatic rings. The minimum atomic E-state index is -4.48. The largest absolute Gasteiger partial charge is 0.420 e. The van der Waals surface area contributed by atoms with Crippen molar-refractivity contribution in [2.75, 3.05) is 6.73 Å². The van der Waals surface area contributed by atoms with Gasteiger partial charge in [-0.2, -0.15) is 18.3 Å². The zero-order valence-electron chi connectivity index (χ0n) is 12.5. The van der Waals surface area contributed by atoms with Crippen LogP contribution in [0.1, 0.15) is 31.9 Å². The summed E-state index contributed by atoms with van der Waals surface area (Å²) < 4.78 is 44.5. The fraction of sp³-hybridized carbons (Fsp3) is 0.533. The summed E-state index contributed by atoms with van der Waals surface area (Å²) >= 11 is 0. The van der Waals surface area contributed by atoms with Crippen LogP contribution in [0.2, 0.25) is 0 Å². The zero-order chi connectivity index (χ0) is 15.8. The molecule has 0 aliphatic carbocycles. The number of halogens is 3. The van der Waals surface area contributed by atoms with E-state index in [1.807, 2.05) is 27.7 Å². The molecule has 1 aromatic carbocycles. The van der Waals surface area contributed by atoms with Crippen LogP contribution in [0.3, 0.4) is 0 Å². The molecule has 0 fully saturated rings. The average molecular weight is 300 g/mol. The lowest BCUT2D eigenvalue weighted by molar-refractivity contribution is -0.217. The van der Waals surface area contributed by atoms with Gasteiger partial charge in [0.05, 0.1) is 5.54 Å². The quantitative estimate of drug-likeness (QED) is 0.789. The molecule has 21 heavy (non-hydrogen) atoms. The van der Waals surface area contributed by atoms with Crippen LogP contribution < -0.4 is 0 Å². The number of ether oxygens (including phenoxy) is 1. The van der Waals surface area contributed by atoms with Gasteiger partial charge >= 0.3 is 6.18 Å². The monoisotopic (exact) mass is 300 g/mol. The van der Waals surface area contributed by atoms with Crippen molar-refractivity contribution in [3.63, 3.8) is 0 Å². The molecule has 1 heterocycles. The molecule has 0 amide bonds. The van der Waals surface area contributed by atoms with E-state index in [9.17, 15) is 13.2 Å². The molecule has 0 saturated carbocycles. The molecular weight excluding hydrogens is 281 g/mol. The topological polar surface area (TPSA) is 24.8 Å². The van der Waals surface area contributed by atoms with Gasteiger partial charge in [0.25, 0.3) is 0 Å². The van der Waals surface area contributed by atoms with Crippen molar-refractivity contribution in [1.82, 2.24) is 5.01 Å². The average Bonchev–Trinajstić information content (AvgIpc) is 2.37. The van der Waals surface area contributed by atoms with E-state index in [0.717, 1.165) is 5.56 Å². The highest BCUT2D eigenvalue weighted by molar-refractivity contribution is 6.04. The molecule has 0 N–H and O–H groups in total. The second-order valence-electron chi connectivity index (χ2n) is 6.14. The molecule has 0 aromatic heterocycles. The number of aryl methyl sites for hydroxylation is 1. The molecule has 6 heteroatoms. The molecule has 1 unspecified atom stereocenters. The number of hydrogen-bond acceptors (Lipinski definition) is 3. The van der Waals surface area contributed by atoms with E-state index < -0.39 is 17.8 Å². The number of rotatable bonds is 1. The third-order valence-electron chi connectivity index (χ3n) is 3.26. The van der Waals surface area contributed by atoms with Crippen LogP contribution in [0.5, 0.6) is 0 Å².